The molecule has 1 spiro atoms. The van der Waals surface area contributed by atoms with E-state index >= 15 is 0 Å². The van der Waals surface area contributed by atoms with Gasteiger partial charge in [0.25, 0.3) is 5.91 Å². The van der Waals surface area contributed by atoms with Gasteiger partial charge in [-0.05, 0) is 56.8 Å². The number of benzene rings is 1. The number of piperidine rings is 3. The Balaban J connectivity index is 1.42. The van der Waals surface area contributed by atoms with E-state index in [2.05, 4.69) is 15.2 Å². The van der Waals surface area contributed by atoms with Crippen LogP contribution in [0.2, 0.25) is 0 Å². The fraction of sp³-hybridized carbons (Fsp3) is 0.474. The molecule has 1 aromatic carbocycles. The quantitative estimate of drug-likeness (QED) is 0.927. The minimum absolute atomic E-state index is 0.0354. The number of nitrogens with one attached hydrogen (secondary N) is 1. The summed E-state index contributed by atoms with van der Waals surface area (Å²) in [6.07, 6.45) is 6.64. The Morgan fingerprint density at radius 2 is 2.00 bits per heavy atom. The smallest absolute Gasteiger partial charge is 0.253 e. The summed E-state index contributed by atoms with van der Waals surface area (Å²) in [6.45, 7) is 2.43. The lowest BCUT2D eigenvalue weighted by atomic mass is 9.77. The third-order valence-electron chi connectivity index (χ3n) is 6.12. The summed E-state index contributed by atoms with van der Waals surface area (Å²) >= 11 is 0. The second-order valence-corrected chi connectivity index (χ2v) is 7.30. The van der Waals surface area contributed by atoms with Crippen molar-refractivity contribution in [3.63, 3.8) is 0 Å². The Hall–Kier alpha value is -1.94. The van der Waals surface area contributed by atoms with Crippen LogP contribution >= 0.6 is 0 Å². The van der Waals surface area contributed by atoms with E-state index in [4.69, 9.17) is 0 Å². The Morgan fingerprint density at radius 3 is 2.78 bits per heavy atom. The number of hydrogen-bond acceptors (Lipinski definition) is 3. The largest absolute Gasteiger partial charge is 0.347 e. The molecule has 1 amide bonds. The highest BCUT2D eigenvalue weighted by Gasteiger charge is 2.60. The van der Waals surface area contributed by atoms with Crippen molar-refractivity contribution in [3.05, 3.63) is 42.1 Å². The maximum absolute atomic E-state index is 12.8. The van der Waals surface area contributed by atoms with E-state index in [1.165, 1.54) is 38.8 Å². The summed E-state index contributed by atoms with van der Waals surface area (Å²) < 4.78 is 0. The number of pyridine rings is 1. The van der Waals surface area contributed by atoms with Gasteiger partial charge in [0.1, 0.15) is 0 Å². The van der Waals surface area contributed by atoms with Gasteiger partial charge in [0.15, 0.2) is 0 Å². The second-order valence-electron chi connectivity index (χ2n) is 7.30. The van der Waals surface area contributed by atoms with Crippen LogP contribution in [0.5, 0.6) is 0 Å². The summed E-state index contributed by atoms with van der Waals surface area (Å²) in [5.41, 5.74) is 1.89. The van der Waals surface area contributed by atoms with Crippen LogP contribution in [-0.2, 0) is 0 Å². The highest BCUT2D eigenvalue weighted by atomic mass is 16.1. The number of carbonyl (C=O) groups excluding carboxylic acids is 1. The molecule has 0 radical (unpaired) electrons. The minimum atomic E-state index is 0.0354. The first-order chi connectivity index (χ1) is 11.3. The first kappa shape index (κ1) is 13.5. The van der Waals surface area contributed by atoms with Crippen molar-refractivity contribution in [1.29, 1.82) is 0 Å². The number of para-hydroxylation sites is 1. The molecule has 118 valence electrons. The summed E-state index contributed by atoms with van der Waals surface area (Å²) in [4.78, 5) is 19.8. The highest BCUT2D eigenvalue weighted by Crippen LogP contribution is 2.53. The number of fused-ring (bicyclic) bond motifs is 3. The molecule has 4 fully saturated rings. The van der Waals surface area contributed by atoms with Gasteiger partial charge in [-0.1, -0.05) is 18.2 Å². The van der Waals surface area contributed by atoms with Crippen molar-refractivity contribution in [1.82, 2.24) is 15.2 Å². The zero-order chi connectivity index (χ0) is 15.4. The number of amides is 1. The van der Waals surface area contributed by atoms with Crippen molar-refractivity contribution in [3.8, 4) is 0 Å². The van der Waals surface area contributed by atoms with Gasteiger partial charge in [-0.3, -0.25) is 14.7 Å². The van der Waals surface area contributed by atoms with Gasteiger partial charge < -0.3 is 5.32 Å². The van der Waals surface area contributed by atoms with Crippen LogP contribution < -0.4 is 5.32 Å². The monoisotopic (exact) mass is 307 g/mol. The van der Waals surface area contributed by atoms with Crippen LogP contribution in [0.1, 0.15) is 36.0 Å². The molecule has 0 unspecified atom stereocenters. The lowest BCUT2D eigenvalue weighted by Crippen LogP contribution is -2.65. The number of hydrogen-bond donors (Lipinski definition) is 1. The molecule has 2 bridgehead atoms. The van der Waals surface area contributed by atoms with Crippen molar-refractivity contribution in [2.45, 2.75) is 37.3 Å². The maximum atomic E-state index is 12.8. The van der Waals surface area contributed by atoms with Gasteiger partial charge in [0, 0.05) is 17.1 Å². The SMILES string of the molecule is O=C(N[C@@H]1C2CCN(CC2)C12CC2)c1cnc2ccccc2c1. The van der Waals surface area contributed by atoms with E-state index in [1.54, 1.807) is 6.20 Å². The van der Waals surface area contributed by atoms with E-state index in [1.807, 2.05) is 30.3 Å². The fourth-order valence-corrected chi connectivity index (χ4v) is 4.74. The van der Waals surface area contributed by atoms with Crippen molar-refractivity contribution in [2.24, 2.45) is 5.92 Å². The van der Waals surface area contributed by atoms with Gasteiger partial charge in [-0.2, -0.15) is 0 Å². The standard InChI is InChI=1S/C19H21N3O/c23-18(15-11-14-3-1-2-4-16(14)20-12-15)21-17-13-5-9-22(10-6-13)19(17)7-8-19/h1-4,11-13,17H,5-10H2,(H,21,23)/t17-/m1/s1. The second kappa shape index (κ2) is 4.78. The van der Waals surface area contributed by atoms with Gasteiger partial charge in [-0.15, -0.1) is 0 Å². The maximum Gasteiger partial charge on any atom is 0.253 e. The summed E-state index contributed by atoms with van der Waals surface area (Å²) in [7, 11) is 0. The summed E-state index contributed by atoms with van der Waals surface area (Å²) in [6, 6.07) is 10.2. The average Bonchev–Trinajstić information content (AvgIpc) is 3.39. The van der Waals surface area contributed by atoms with E-state index in [9.17, 15) is 4.79 Å². The predicted octanol–water partition coefficient (Wildman–Crippen LogP) is 2.59. The Morgan fingerprint density at radius 1 is 1.22 bits per heavy atom. The van der Waals surface area contributed by atoms with Crippen molar-refractivity contribution >= 4 is 16.8 Å². The Kier molecular flexibility index (Phi) is 2.80. The molecular weight excluding hydrogens is 286 g/mol. The van der Waals surface area contributed by atoms with Gasteiger partial charge in [-0.25, -0.2) is 0 Å². The molecule has 1 aromatic heterocycles. The van der Waals surface area contributed by atoms with E-state index in [-0.39, 0.29) is 11.4 Å². The molecule has 4 nitrogen and oxygen atoms in total. The molecule has 4 heteroatoms. The van der Waals surface area contributed by atoms with E-state index < -0.39 is 0 Å². The lowest BCUT2D eigenvalue weighted by Gasteiger charge is -2.52. The van der Waals surface area contributed by atoms with Crippen LogP contribution in [0.3, 0.4) is 0 Å². The van der Waals surface area contributed by atoms with Crippen LogP contribution in [0, 0.1) is 5.92 Å². The first-order valence-electron chi connectivity index (χ1n) is 8.67. The molecule has 1 aliphatic carbocycles. The molecule has 23 heavy (non-hydrogen) atoms. The molecule has 6 rings (SSSR count). The Labute approximate surface area is 135 Å². The summed E-state index contributed by atoms with van der Waals surface area (Å²) in [5, 5.41) is 4.39. The molecule has 4 aliphatic rings. The fourth-order valence-electron chi connectivity index (χ4n) is 4.74. The summed E-state index contributed by atoms with van der Waals surface area (Å²) in [5.74, 6) is 0.688. The molecule has 3 aliphatic heterocycles. The number of nitrogens with zero attached hydrogens (tertiary/aromatic N) is 2. The molecular formula is C19H21N3O. The van der Waals surface area contributed by atoms with E-state index in [0.29, 0.717) is 17.5 Å². The van der Waals surface area contributed by atoms with Crippen LogP contribution in [0.15, 0.2) is 36.5 Å². The van der Waals surface area contributed by atoms with Crippen LogP contribution in [0.4, 0.5) is 0 Å². The van der Waals surface area contributed by atoms with Gasteiger partial charge >= 0.3 is 0 Å². The lowest BCUT2D eigenvalue weighted by molar-refractivity contribution is -0.00145. The molecule has 3 saturated heterocycles. The highest BCUT2D eigenvalue weighted by molar-refractivity contribution is 5.97. The molecule has 2 aromatic rings. The normalized spacial score (nSPS) is 30.5. The average molecular weight is 307 g/mol. The zero-order valence-electron chi connectivity index (χ0n) is 13.2. The Bertz CT molecular complexity index is 775. The van der Waals surface area contributed by atoms with Crippen molar-refractivity contribution in [2.75, 3.05) is 13.1 Å². The van der Waals surface area contributed by atoms with Crippen LogP contribution in [0.25, 0.3) is 10.9 Å². The molecule has 1 atom stereocenters. The van der Waals surface area contributed by atoms with E-state index in [0.717, 1.165) is 10.9 Å². The number of rotatable bonds is 2. The predicted molar refractivity (Wildman–Crippen MR) is 89.3 cm³/mol. The zero-order valence-corrected chi connectivity index (χ0v) is 13.2. The molecule has 1 saturated carbocycles. The van der Waals surface area contributed by atoms with Gasteiger partial charge in [0.2, 0.25) is 0 Å². The number of carbonyl (C=O) groups is 1. The van der Waals surface area contributed by atoms with Gasteiger partial charge in [0.05, 0.1) is 17.1 Å². The van der Waals surface area contributed by atoms with Crippen LogP contribution in [-0.4, -0.2) is 40.5 Å². The minimum Gasteiger partial charge on any atom is -0.347 e. The van der Waals surface area contributed by atoms with Crippen molar-refractivity contribution < 1.29 is 4.79 Å². The molecule has 1 N–H and O–H groups in total. The third-order valence-corrected chi connectivity index (χ3v) is 6.12. The topological polar surface area (TPSA) is 45.2 Å². The molecule has 4 heterocycles. The third kappa shape index (κ3) is 2.01. The number of aromatic nitrogens is 1. The first-order valence-corrected chi connectivity index (χ1v) is 8.67.